The molecule has 1 atom stereocenters. The van der Waals surface area contributed by atoms with E-state index in [0.717, 1.165) is 64.8 Å². The van der Waals surface area contributed by atoms with Crippen LogP contribution in [0.15, 0.2) is 127 Å². The van der Waals surface area contributed by atoms with Crippen LogP contribution < -0.4 is 16.0 Å². The van der Waals surface area contributed by atoms with Crippen LogP contribution in [-0.2, 0) is 35.8 Å². The van der Waals surface area contributed by atoms with E-state index in [4.69, 9.17) is 10.5 Å². The van der Waals surface area contributed by atoms with E-state index in [1.54, 1.807) is 0 Å². The molecule has 0 saturated carbocycles. The summed E-state index contributed by atoms with van der Waals surface area (Å²) in [5.74, 6) is -0.754. The fourth-order valence-electron chi connectivity index (χ4n) is 11.4. The molecule has 0 saturated heterocycles. The predicted molar refractivity (Wildman–Crippen MR) is 285 cm³/mol. The first-order chi connectivity index (χ1) is 33.9. The van der Waals surface area contributed by atoms with Crippen LogP contribution in [-0.4, -0.2) is 93.0 Å². The molecular weight excluding hydrogens is 933 g/mol. The fourth-order valence-corrected chi connectivity index (χ4v) is 12.5. The van der Waals surface area contributed by atoms with Crippen LogP contribution in [0, 0.1) is 5.92 Å². The maximum atomic E-state index is 13.3. The standard InChI is InChI=1S/C57H68N4O8S2/c1-56(2)50(60(34-9-11-38-70(63,64)65)48-28-24-40-14-5-7-18-46(40)53(48)56)30-26-42-16-13-17-43(52(42)44-20-22-45(23-21-44)55(62)59-33-37-69-36-32-58)27-31-51-57(3,4)54-47-19-8-6-15-41(47)25-29-49(54)61(51)35-10-12-39-71(66,67)68/h5-8,14-15,18-26,28-31,43H,9-13,16-17,27,32-39,58H2,1-4H3,(H2-,59,62,63,64,65,66,67,68)/b30-26+,51-31-. The van der Waals surface area contributed by atoms with Gasteiger partial charge in [0.1, 0.15) is 6.54 Å². The van der Waals surface area contributed by atoms with Crippen LogP contribution in [0.5, 0.6) is 0 Å². The number of fused-ring (bicyclic) bond motifs is 6. The number of hydrogen-bond donors (Lipinski definition) is 3. The van der Waals surface area contributed by atoms with Gasteiger partial charge in [0.25, 0.3) is 16.0 Å². The second kappa shape index (κ2) is 21.7. The molecule has 8 rings (SSSR count). The lowest BCUT2D eigenvalue weighted by atomic mass is 9.75. The van der Waals surface area contributed by atoms with Crippen LogP contribution in [0.25, 0.3) is 27.1 Å². The zero-order valence-electron chi connectivity index (χ0n) is 41.5. The number of rotatable bonds is 21. The summed E-state index contributed by atoms with van der Waals surface area (Å²) in [6.45, 7) is 11.8. The Labute approximate surface area is 419 Å². The maximum absolute atomic E-state index is 13.3. The fraction of sp³-hybridized carbons (Fsp3) is 0.404. The highest BCUT2D eigenvalue weighted by Gasteiger charge is 2.46. The van der Waals surface area contributed by atoms with Crippen LogP contribution in [0.1, 0.15) is 106 Å². The zero-order valence-corrected chi connectivity index (χ0v) is 43.1. The lowest BCUT2D eigenvalue weighted by molar-refractivity contribution is -0.438. The number of amides is 1. The van der Waals surface area contributed by atoms with Gasteiger partial charge in [0.2, 0.25) is 5.69 Å². The molecule has 12 nitrogen and oxygen atoms in total. The Balaban J connectivity index is 1.20. The Kier molecular flexibility index (Phi) is 15.9. The molecule has 1 aliphatic carbocycles. The third kappa shape index (κ3) is 11.6. The van der Waals surface area contributed by atoms with E-state index in [2.05, 4.69) is 140 Å². The summed E-state index contributed by atoms with van der Waals surface area (Å²) in [6, 6.07) is 33.4. The molecule has 2 aliphatic heterocycles. The Morgan fingerprint density at radius 3 is 2.20 bits per heavy atom. The summed E-state index contributed by atoms with van der Waals surface area (Å²) in [6.07, 6.45) is 12.1. The van der Waals surface area contributed by atoms with Gasteiger partial charge in [0, 0.05) is 71.9 Å². The minimum absolute atomic E-state index is 0.112. The molecule has 71 heavy (non-hydrogen) atoms. The summed E-state index contributed by atoms with van der Waals surface area (Å²) >= 11 is 0. The topological polar surface area (TPSA) is 182 Å². The van der Waals surface area contributed by atoms with Crippen molar-refractivity contribution in [2.45, 2.75) is 89.9 Å². The minimum atomic E-state index is -4.34. The van der Waals surface area contributed by atoms with Crippen LogP contribution in [0.2, 0.25) is 0 Å². The van der Waals surface area contributed by atoms with Gasteiger partial charge in [-0.3, -0.25) is 9.35 Å². The monoisotopic (exact) mass is 1000 g/mol. The van der Waals surface area contributed by atoms with Crippen LogP contribution in [0.3, 0.4) is 0 Å². The molecule has 0 radical (unpaired) electrons. The van der Waals surface area contributed by atoms with E-state index in [1.165, 1.54) is 33.0 Å². The summed E-state index contributed by atoms with van der Waals surface area (Å²) in [4.78, 5) is 15.6. The highest BCUT2D eigenvalue weighted by atomic mass is 32.2. The van der Waals surface area contributed by atoms with Gasteiger partial charge in [-0.1, -0.05) is 92.7 Å². The molecule has 2 heterocycles. The first-order valence-electron chi connectivity index (χ1n) is 25.0. The number of nitrogens with one attached hydrogen (secondary N) is 1. The van der Waals surface area contributed by atoms with Crippen molar-refractivity contribution in [2.24, 2.45) is 11.7 Å². The SMILES string of the molecule is CC1(C)C(/C=C/C2=C(c3ccc(C(=O)NCCOCCN)cc3)C(C/C=C3\N(CCCCS(=O)(=O)O)c4ccc5ccccc5c4C3(C)C)CCC2)=[N+](CCCCS(=O)(=O)[O-])c2ccc3ccccc3c21. The molecule has 0 spiro atoms. The summed E-state index contributed by atoms with van der Waals surface area (Å²) < 4.78 is 75.6. The van der Waals surface area contributed by atoms with Crippen molar-refractivity contribution < 1.29 is 40.0 Å². The number of anilines is 1. The summed E-state index contributed by atoms with van der Waals surface area (Å²) in [5, 5.41) is 7.61. The van der Waals surface area contributed by atoms with Gasteiger partial charge in [-0.05, 0) is 133 Å². The first kappa shape index (κ1) is 51.9. The molecule has 0 aromatic heterocycles. The highest BCUT2D eigenvalue weighted by Crippen LogP contribution is 2.52. The molecule has 0 fully saturated rings. The van der Waals surface area contributed by atoms with E-state index >= 15 is 0 Å². The Bertz CT molecular complexity index is 3150. The van der Waals surface area contributed by atoms with Gasteiger partial charge in [-0.25, -0.2) is 8.42 Å². The third-order valence-corrected chi connectivity index (χ3v) is 16.2. The Morgan fingerprint density at radius 1 is 0.831 bits per heavy atom. The second-order valence-corrected chi connectivity index (χ2v) is 23.3. The number of nitrogens with zero attached hydrogens (tertiary/aromatic N) is 2. The molecule has 5 aromatic carbocycles. The van der Waals surface area contributed by atoms with Crippen molar-refractivity contribution in [1.29, 1.82) is 0 Å². The van der Waals surface area contributed by atoms with Crippen molar-refractivity contribution >= 4 is 70.3 Å². The van der Waals surface area contributed by atoms with Crippen LogP contribution >= 0.6 is 0 Å². The predicted octanol–water partition coefficient (Wildman–Crippen LogP) is 9.95. The number of nitrogens with two attached hydrogens (primary N) is 1. The zero-order chi connectivity index (χ0) is 50.6. The molecule has 14 heteroatoms. The Morgan fingerprint density at radius 2 is 1.51 bits per heavy atom. The van der Waals surface area contributed by atoms with E-state index < -0.39 is 31.4 Å². The van der Waals surface area contributed by atoms with Crippen molar-refractivity contribution in [3.8, 4) is 0 Å². The van der Waals surface area contributed by atoms with E-state index in [-0.39, 0.29) is 29.4 Å². The lowest BCUT2D eigenvalue weighted by Crippen LogP contribution is -2.28. The summed E-state index contributed by atoms with van der Waals surface area (Å²) in [7, 11) is -8.42. The Hall–Kier alpha value is -5.48. The number of hydrogen-bond acceptors (Lipinski definition) is 9. The van der Waals surface area contributed by atoms with Gasteiger partial charge in [0.15, 0.2) is 5.71 Å². The molecule has 3 aliphatic rings. The van der Waals surface area contributed by atoms with Crippen LogP contribution in [0.4, 0.5) is 11.4 Å². The van der Waals surface area contributed by atoms with Gasteiger partial charge in [0.05, 0.1) is 34.5 Å². The largest absolute Gasteiger partial charge is 0.748 e. The first-order valence-corrected chi connectivity index (χ1v) is 28.2. The maximum Gasteiger partial charge on any atom is 0.264 e. The number of allylic oxidation sites excluding steroid dienone is 6. The highest BCUT2D eigenvalue weighted by molar-refractivity contribution is 7.85. The van der Waals surface area contributed by atoms with Crippen molar-refractivity contribution in [2.75, 3.05) is 55.8 Å². The number of benzene rings is 5. The third-order valence-electron chi connectivity index (χ3n) is 14.6. The number of carbonyl (C=O) groups is 1. The van der Waals surface area contributed by atoms with Crippen molar-refractivity contribution in [1.82, 2.24) is 5.32 Å². The van der Waals surface area contributed by atoms with E-state index in [9.17, 15) is 30.7 Å². The van der Waals surface area contributed by atoms with Gasteiger partial charge in [-0.15, -0.1) is 0 Å². The molecular formula is C57H68N4O8S2. The quantitative estimate of drug-likeness (QED) is 0.0364. The second-order valence-electron chi connectivity index (χ2n) is 20.2. The lowest BCUT2D eigenvalue weighted by Gasteiger charge is -2.31. The van der Waals surface area contributed by atoms with Crippen molar-refractivity contribution in [3.63, 3.8) is 0 Å². The average Bonchev–Trinajstić information content (AvgIpc) is 3.69. The molecule has 376 valence electrons. The molecule has 1 unspecified atom stereocenters. The van der Waals surface area contributed by atoms with E-state index in [1.807, 2.05) is 18.2 Å². The van der Waals surface area contributed by atoms with Gasteiger partial charge < -0.3 is 25.2 Å². The minimum Gasteiger partial charge on any atom is -0.748 e. The number of carbonyl (C=O) groups excluding carboxylic acids is 1. The normalized spacial score (nSPS) is 18.3. The number of ether oxygens (including phenoxy) is 1. The average molecular weight is 1000 g/mol. The molecule has 1 amide bonds. The molecule has 4 N–H and O–H groups in total. The van der Waals surface area contributed by atoms with E-state index in [0.29, 0.717) is 64.2 Å². The molecule has 0 bridgehead atoms. The smallest absolute Gasteiger partial charge is 0.264 e. The summed E-state index contributed by atoms with van der Waals surface area (Å²) in [5.41, 5.74) is 15.7. The number of unbranched alkanes of at least 4 members (excludes halogenated alkanes) is 2. The van der Waals surface area contributed by atoms with Gasteiger partial charge >= 0.3 is 0 Å². The van der Waals surface area contributed by atoms with Crippen molar-refractivity contribution in [3.05, 3.63) is 149 Å². The van der Waals surface area contributed by atoms with Gasteiger partial charge in [-0.2, -0.15) is 13.0 Å². The molecule has 5 aromatic rings.